The fraction of sp³-hybridized carbons (Fsp3) is 0.400. The summed E-state index contributed by atoms with van der Waals surface area (Å²) in [4.78, 5) is 40.5. The number of carbonyl (C=O) groups excluding carboxylic acids is 3. The highest BCUT2D eigenvalue weighted by Crippen LogP contribution is 2.34. The molecule has 0 saturated carbocycles. The van der Waals surface area contributed by atoms with Crippen LogP contribution in [0, 0.1) is 0 Å². The number of hydrogen-bond donors (Lipinski definition) is 2. The molecule has 3 amide bonds. The second-order valence-corrected chi connectivity index (χ2v) is 8.98. The largest absolute Gasteiger partial charge is 0.322 e. The Morgan fingerprint density at radius 1 is 0.969 bits per heavy atom. The Kier molecular flexibility index (Phi) is 5.53. The number of piperidine rings is 2. The summed E-state index contributed by atoms with van der Waals surface area (Å²) in [6.07, 6.45) is 2.61. The minimum Gasteiger partial charge on any atom is -0.322 e. The smallest absolute Gasteiger partial charge is 0.255 e. The van der Waals surface area contributed by atoms with E-state index in [9.17, 15) is 14.4 Å². The molecule has 5 rings (SSSR count). The van der Waals surface area contributed by atoms with Crippen molar-refractivity contribution in [2.24, 2.45) is 5.73 Å². The normalized spacial score (nSPS) is 23.2. The summed E-state index contributed by atoms with van der Waals surface area (Å²) in [5.74, 6) is -0.329. The predicted molar refractivity (Wildman–Crippen MR) is 119 cm³/mol. The van der Waals surface area contributed by atoms with Gasteiger partial charge in [-0.3, -0.25) is 24.6 Å². The van der Waals surface area contributed by atoms with Crippen LogP contribution in [0.15, 0.2) is 48.5 Å². The van der Waals surface area contributed by atoms with Gasteiger partial charge in [-0.1, -0.05) is 42.5 Å². The van der Waals surface area contributed by atoms with Gasteiger partial charge in [0.1, 0.15) is 6.04 Å². The van der Waals surface area contributed by atoms with Crippen LogP contribution in [0.25, 0.3) is 0 Å². The van der Waals surface area contributed by atoms with Crippen molar-refractivity contribution in [2.75, 3.05) is 13.1 Å². The van der Waals surface area contributed by atoms with Gasteiger partial charge in [0.25, 0.3) is 5.91 Å². The van der Waals surface area contributed by atoms with Gasteiger partial charge in [-0.05, 0) is 47.9 Å². The molecule has 3 aliphatic rings. The van der Waals surface area contributed by atoms with Crippen molar-refractivity contribution in [1.82, 2.24) is 15.1 Å². The Bertz CT molecular complexity index is 1050. The number of likely N-dealkylation sites (tertiary alicyclic amines) is 1. The zero-order chi connectivity index (χ0) is 22.2. The number of hydrogen-bond acceptors (Lipinski definition) is 5. The van der Waals surface area contributed by atoms with E-state index in [4.69, 9.17) is 5.73 Å². The molecule has 3 N–H and O–H groups in total. The third-order valence-electron chi connectivity index (χ3n) is 7.08. The molecule has 3 heterocycles. The van der Waals surface area contributed by atoms with Crippen LogP contribution in [-0.2, 0) is 16.1 Å². The number of amides is 3. The molecule has 2 aromatic rings. The van der Waals surface area contributed by atoms with Crippen molar-refractivity contribution in [3.05, 3.63) is 70.8 Å². The predicted octanol–water partition coefficient (Wildman–Crippen LogP) is 2.28. The lowest BCUT2D eigenvalue weighted by atomic mass is 9.87. The van der Waals surface area contributed by atoms with Crippen LogP contribution >= 0.6 is 0 Å². The van der Waals surface area contributed by atoms with Gasteiger partial charge < -0.3 is 10.6 Å². The molecule has 1 unspecified atom stereocenters. The molecule has 2 atom stereocenters. The zero-order valence-corrected chi connectivity index (χ0v) is 18.0. The van der Waals surface area contributed by atoms with Crippen molar-refractivity contribution in [3.63, 3.8) is 0 Å². The van der Waals surface area contributed by atoms with E-state index in [1.165, 1.54) is 5.56 Å². The molecule has 7 heteroatoms. The average Bonchev–Trinajstić information content (AvgIpc) is 3.15. The molecule has 0 aromatic heterocycles. The summed E-state index contributed by atoms with van der Waals surface area (Å²) in [6, 6.07) is 15.7. The van der Waals surface area contributed by atoms with Crippen LogP contribution in [0.1, 0.15) is 64.8 Å². The Morgan fingerprint density at radius 3 is 2.44 bits per heavy atom. The number of rotatable bonds is 4. The Balaban J connectivity index is 1.25. The summed E-state index contributed by atoms with van der Waals surface area (Å²) < 4.78 is 0. The highest BCUT2D eigenvalue weighted by Gasteiger charge is 2.39. The van der Waals surface area contributed by atoms with Gasteiger partial charge in [0.15, 0.2) is 0 Å². The molecule has 7 nitrogen and oxygen atoms in total. The molecule has 0 spiro atoms. The van der Waals surface area contributed by atoms with E-state index in [2.05, 4.69) is 34.5 Å². The van der Waals surface area contributed by atoms with E-state index >= 15 is 0 Å². The number of fused-ring (bicyclic) bond motifs is 1. The van der Waals surface area contributed by atoms with E-state index in [-0.39, 0.29) is 30.3 Å². The third kappa shape index (κ3) is 3.82. The third-order valence-corrected chi connectivity index (χ3v) is 7.08. The van der Waals surface area contributed by atoms with Gasteiger partial charge >= 0.3 is 0 Å². The number of imide groups is 1. The van der Waals surface area contributed by atoms with Gasteiger partial charge in [-0.15, -0.1) is 0 Å². The van der Waals surface area contributed by atoms with Gasteiger partial charge in [-0.2, -0.15) is 0 Å². The maximum absolute atomic E-state index is 12.9. The maximum atomic E-state index is 12.9. The van der Waals surface area contributed by atoms with Gasteiger partial charge in [0, 0.05) is 31.6 Å². The van der Waals surface area contributed by atoms with E-state index in [0.717, 1.165) is 37.1 Å². The van der Waals surface area contributed by atoms with E-state index in [1.807, 2.05) is 24.3 Å². The first-order valence-electron chi connectivity index (χ1n) is 11.3. The van der Waals surface area contributed by atoms with Crippen molar-refractivity contribution >= 4 is 17.7 Å². The van der Waals surface area contributed by atoms with Crippen molar-refractivity contribution in [3.8, 4) is 0 Å². The van der Waals surface area contributed by atoms with Crippen LogP contribution in [0.5, 0.6) is 0 Å². The molecule has 3 aliphatic heterocycles. The second-order valence-electron chi connectivity index (χ2n) is 8.98. The fourth-order valence-electron chi connectivity index (χ4n) is 5.22. The lowest BCUT2D eigenvalue weighted by Crippen LogP contribution is -2.52. The SMILES string of the molecule is N[C@H](c1ccccc1)N1CCC(c2ccc3c(c2)CN(C2CCC(=O)NC2=O)C3=O)CC1. The number of nitrogens with zero attached hydrogens (tertiary/aromatic N) is 2. The van der Waals surface area contributed by atoms with Crippen LogP contribution in [-0.4, -0.2) is 46.7 Å². The fourth-order valence-corrected chi connectivity index (χ4v) is 5.22. The number of nitrogens with two attached hydrogens (primary N) is 1. The quantitative estimate of drug-likeness (QED) is 0.723. The van der Waals surface area contributed by atoms with Gasteiger partial charge in [0.05, 0.1) is 6.17 Å². The highest BCUT2D eigenvalue weighted by atomic mass is 16.2. The first-order chi connectivity index (χ1) is 15.5. The van der Waals surface area contributed by atoms with E-state index < -0.39 is 6.04 Å². The molecule has 166 valence electrons. The molecule has 2 aromatic carbocycles. The number of carbonyl (C=O) groups is 3. The van der Waals surface area contributed by atoms with Crippen LogP contribution in [0.2, 0.25) is 0 Å². The molecular formula is C25H28N4O3. The summed E-state index contributed by atoms with van der Waals surface area (Å²) in [5, 5.41) is 2.36. The van der Waals surface area contributed by atoms with Crippen molar-refractivity contribution < 1.29 is 14.4 Å². The van der Waals surface area contributed by atoms with Crippen LogP contribution in [0.4, 0.5) is 0 Å². The maximum Gasteiger partial charge on any atom is 0.255 e. The number of nitrogens with one attached hydrogen (secondary N) is 1. The highest BCUT2D eigenvalue weighted by molar-refractivity contribution is 6.05. The summed E-state index contributed by atoms with van der Waals surface area (Å²) in [5.41, 5.74) is 10.5. The molecular weight excluding hydrogens is 404 g/mol. The summed E-state index contributed by atoms with van der Waals surface area (Å²) in [6.45, 7) is 2.28. The molecule has 0 bridgehead atoms. The van der Waals surface area contributed by atoms with Crippen molar-refractivity contribution in [2.45, 2.75) is 50.4 Å². The number of benzene rings is 2. The minimum atomic E-state index is -0.571. The molecule has 0 radical (unpaired) electrons. The van der Waals surface area contributed by atoms with Crippen LogP contribution < -0.4 is 11.1 Å². The Morgan fingerprint density at radius 2 is 1.72 bits per heavy atom. The summed E-state index contributed by atoms with van der Waals surface area (Å²) >= 11 is 0. The molecule has 32 heavy (non-hydrogen) atoms. The summed E-state index contributed by atoms with van der Waals surface area (Å²) in [7, 11) is 0. The Hall–Kier alpha value is -3.03. The lowest BCUT2D eigenvalue weighted by Gasteiger charge is -2.36. The standard InChI is InChI=1S/C25H28N4O3/c26-23(17-4-2-1-3-5-17)28-12-10-16(11-13-28)18-6-7-20-19(14-18)15-29(25(20)32)21-8-9-22(30)27-24(21)31/h1-7,14,16,21,23H,8-13,15,26H2,(H,27,30,31)/t21?,23-/m0/s1. The Labute approximate surface area is 187 Å². The molecule has 0 aliphatic carbocycles. The van der Waals surface area contributed by atoms with E-state index in [0.29, 0.717) is 24.4 Å². The monoisotopic (exact) mass is 432 g/mol. The van der Waals surface area contributed by atoms with Gasteiger partial charge in [-0.25, -0.2) is 0 Å². The second kappa shape index (κ2) is 8.48. The molecule has 2 saturated heterocycles. The van der Waals surface area contributed by atoms with Gasteiger partial charge in [0.2, 0.25) is 11.8 Å². The van der Waals surface area contributed by atoms with Crippen molar-refractivity contribution in [1.29, 1.82) is 0 Å². The minimum absolute atomic E-state index is 0.0862. The average molecular weight is 433 g/mol. The lowest BCUT2D eigenvalue weighted by molar-refractivity contribution is -0.136. The first kappa shape index (κ1) is 20.8. The zero-order valence-electron chi connectivity index (χ0n) is 18.0. The molecule has 2 fully saturated rings. The van der Waals surface area contributed by atoms with Crippen LogP contribution in [0.3, 0.4) is 0 Å². The first-order valence-corrected chi connectivity index (χ1v) is 11.3. The topological polar surface area (TPSA) is 95.7 Å². The van der Waals surface area contributed by atoms with E-state index in [1.54, 1.807) is 4.90 Å².